The van der Waals surface area contributed by atoms with E-state index in [0.717, 1.165) is 5.69 Å². The molecule has 1 heterocycles. The zero-order valence-electron chi connectivity index (χ0n) is 9.97. The molecule has 0 aliphatic heterocycles. The van der Waals surface area contributed by atoms with Gasteiger partial charge in [0.1, 0.15) is 10.3 Å². The van der Waals surface area contributed by atoms with Crippen LogP contribution in [0.15, 0.2) is 5.38 Å². The predicted molar refractivity (Wildman–Crippen MR) is 67.1 cm³/mol. The molecule has 2 N–H and O–H groups in total. The van der Waals surface area contributed by atoms with Gasteiger partial charge in [0.25, 0.3) is 0 Å². The van der Waals surface area contributed by atoms with Gasteiger partial charge in [0.15, 0.2) is 9.84 Å². The Kier molecular flexibility index (Phi) is 4.09. The molecule has 0 aliphatic rings. The minimum absolute atomic E-state index is 0.128. The van der Waals surface area contributed by atoms with Gasteiger partial charge in [0, 0.05) is 11.6 Å². The quantitative estimate of drug-likeness (QED) is 0.899. The summed E-state index contributed by atoms with van der Waals surface area (Å²) in [6.07, 6.45) is 1.22. The molecule has 0 bridgehead atoms. The van der Waals surface area contributed by atoms with Gasteiger partial charge in [-0.25, -0.2) is 13.4 Å². The number of nitrogens with two attached hydrogens (primary N) is 1. The highest BCUT2D eigenvalue weighted by atomic mass is 32.2. The van der Waals surface area contributed by atoms with E-state index in [1.165, 1.54) is 17.6 Å². The van der Waals surface area contributed by atoms with Crippen LogP contribution < -0.4 is 5.73 Å². The van der Waals surface area contributed by atoms with Gasteiger partial charge in [-0.2, -0.15) is 0 Å². The molecule has 0 saturated heterocycles. The minimum Gasteiger partial charge on any atom is -0.322 e. The minimum atomic E-state index is -3.08. The molecule has 1 rings (SSSR count). The Morgan fingerprint density at radius 2 is 1.94 bits per heavy atom. The second-order valence-corrected chi connectivity index (χ2v) is 7.61. The zero-order valence-corrected chi connectivity index (χ0v) is 11.6. The highest BCUT2D eigenvalue weighted by Crippen LogP contribution is 2.27. The summed E-state index contributed by atoms with van der Waals surface area (Å²) in [5.74, 6) is 0.295. The van der Waals surface area contributed by atoms with E-state index in [0.29, 0.717) is 10.9 Å². The molecule has 4 nitrogen and oxygen atoms in total. The van der Waals surface area contributed by atoms with Crippen molar-refractivity contribution in [3.63, 3.8) is 0 Å². The van der Waals surface area contributed by atoms with Crippen LogP contribution in [0, 0.1) is 5.92 Å². The van der Waals surface area contributed by atoms with E-state index in [4.69, 9.17) is 5.73 Å². The van der Waals surface area contributed by atoms with Crippen molar-refractivity contribution in [1.82, 2.24) is 4.98 Å². The van der Waals surface area contributed by atoms with Crippen molar-refractivity contribution in [1.29, 1.82) is 0 Å². The first kappa shape index (κ1) is 13.6. The molecule has 2 unspecified atom stereocenters. The molecule has 1 aromatic rings. The lowest BCUT2D eigenvalue weighted by atomic mass is 10.0. The zero-order chi connectivity index (χ0) is 12.5. The van der Waals surface area contributed by atoms with Crippen molar-refractivity contribution in [2.75, 3.05) is 6.26 Å². The lowest BCUT2D eigenvalue weighted by Gasteiger charge is -2.12. The van der Waals surface area contributed by atoms with Crippen LogP contribution in [0.25, 0.3) is 0 Å². The largest absolute Gasteiger partial charge is 0.322 e. The fourth-order valence-corrected chi connectivity index (χ4v) is 3.08. The smallest absolute Gasteiger partial charge is 0.156 e. The molecular formula is C10H18N2O2S2. The number of rotatable bonds is 4. The van der Waals surface area contributed by atoms with Gasteiger partial charge in [-0.05, 0) is 12.8 Å². The Morgan fingerprint density at radius 3 is 2.38 bits per heavy atom. The predicted octanol–water partition coefficient (Wildman–Crippen LogP) is 1.90. The Balaban J connectivity index is 2.96. The Morgan fingerprint density at radius 1 is 1.38 bits per heavy atom. The molecule has 16 heavy (non-hydrogen) atoms. The van der Waals surface area contributed by atoms with Crippen LogP contribution in [0.5, 0.6) is 0 Å². The van der Waals surface area contributed by atoms with Crippen LogP contribution in [0.3, 0.4) is 0 Å². The first-order chi connectivity index (χ1) is 7.23. The average molecular weight is 262 g/mol. The van der Waals surface area contributed by atoms with E-state index in [1.807, 2.05) is 19.2 Å². The van der Waals surface area contributed by atoms with E-state index in [2.05, 4.69) is 4.98 Å². The number of nitrogens with zero attached hydrogens (tertiary/aromatic N) is 1. The summed E-state index contributed by atoms with van der Waals surface area (Å²) in [5.41, 5.74) is 6.74. The standard InChI is InChI=1S/C10H18N2O2S2/c1-6(2)9(11)8-5-15-10(12-8)7(3)16(4,13)14/h5-7,9H,11H2,1-4H3. The Labute approximate surface area is 101 Å². The van der Waals surface area contributed by atoms with E-state index < -0.39 is 15.1 Å². The molecule has 0 fully saturated rings. The molecule has 0 amide bonds. The van der Waals surface area contributed by atoms with Crippen molar-refractivity contribution in [2.24, 2.45) is 11.7 Å². The molecule has 0 aromatic carbocycles. The molecule has 2 atom stereocenters. The van der Waals surface area contributed by atoms with E-state index in [1.54, 1.807) is 6.92 Å². The first-order valence-corrected chi connectivity index (χ1v) is 7.96. The summed E-state index contributed by atoms with van der Waals surface area (Å²) in [6.45, 7) is 5.69. The molecule has 6 heteroatoms. The molecule has 92 valence electrons. The van der Waals surface area contributed by atoms with Crippen LogP contribution in [0.4, 0.5) is 0 Å². The maximum Gasteiger partial charge on any atom is 0.156 e. The monoisotopic (exact) mass is 262 g/mol. The van der Waals surface area contributed by atoms with Crippen LogP contribution >= 0.6 is 11.3 Å². The van der Waals surface area contributed by atoms with Gasteiger partial charge >= 0.3 is 0 Å². The third-order valence-electron chi connectivity index (χ3n) is 2.59. The number of sulfone groups is 1. The average Bonchev–Trinajstić information content (AvgIpc) is 2.62. The molecule has 0 spiro atoms. The molecular weight excluding hydrogens is 244 g/mol. The third kappa shape index (κ3) is 3.02. The van der Waals surface area contributed by atoms with Crippen molar-refractivity contribution >= 4 is 21.2 Å². The summed E-state index contributed by atoms with van der Waals surface area (Å²) in [6, 6.07) is -0.128. The number of hydrogen-bond acceptors (Lipinski definition) is 5. The van der Waals surface area contributed by atoms with E-state index in [9.17, 15) is 8.42 Å². The topological polar surface area (TPSA) is 73.1 Å². The first-order valence-electron chi connectivity index (χ1n) is 5.13. The Hall–Kier alpha value is -0.460. The van der Waals surface area contributed by atoms with Crippen molar-refractivity contribution in [3.05, 3.63) is 16.1 Å². The van der Waals surface area contributed by atoms with E-state index in [-0.39, 0.29) is 6.04 Å². The van der Waals surface area contributed by atoms with Crippen molar-refractivity contribution in [2.45, 2.75) is 32.1 Å². The maximum atomic E-state index is 11.4. The highest BCUT2D eigenvalue weighted by molar-refractivity contribution is 7.91. The molecule has 0 radical (unpaired) electrons. The van der Waals surface area contributed by atoms with Gasteiger partial charge in [0.2, 0.25) is 0 Å². The maximum absolute atomic E-state index is 11.4. The second-order valence-electron chi connectivity index (χ2n) is 4.35. The van der Waals surface area contributed by atoms with Gasteiger partial charge in [-0.15, -0.1) is 11.3 Å². The van der Waals surface area contributed by atoms with Crippen LogP contribution in [0.2, 0.25) is 0 Å². The van der Waals surface area contributed by atoms with Crippen LogP contribution in [-0.4, -0.2) is 19.7 Å². The summed E-state index contributed by atoms with van der Waals surface area (Å²) < 4.78 is 22.8. The van der Waals surface area contributed by atoms with Gasteiger partial charge in [-0.1, -0.05) is 13.8 Å². The summed E-state index contributed by atoms with van der Waals surface area (Å²) in [7, 11) is -3.08. The third-order valence-corrected chi connectivity index (χ3v) is 5.29. The highest BCUT2D eigenvalue weighted by Gasteiger charge is 2.22. The van der Waals surface area contributed by atoms with Gasteiger partial charge < -0.3 is 5.73 Å². The van der Waals surface area contributed by atoms with Gasteiger partial charge in [-0.3, -0.25) is 0 Å². The van der Waals surface area contributed by atoms with Crippen molar-refractivity contribution in [3.8, 4) is 0 Å². The molecule has 0 aliphatic carbocycles. The van der Waals surface area contributed by atoms with Crippen LogP contribution in [0.1, 0.15) is 42.8 Å². The van der Waals surface area contributed by atoms with E-state index >= 15 is 0 Å². The lowest BCUT2D eigenvalue weighted by molar-refractivity contribution is 0.504. The molecule has 0 saturated carbocycles. The fraction of sp³-hybridized carbons (Fsp3) is 0.700. The van der Waals surface area contributed by atoms with Crippen molar-refractivity contribution < 1.29 is 8.42 Å². The Bertz CT molecular complexity index is 451. The number of aromatic nitrogens is 1. The normalized spacial score (nSPS) is 16.4. The SMILES string of the molecule is CC(C)C(N)c1csc(C(C)S(C)(=O)=O)n1. The lowest BCUT2D eigenvalue weighted by Crippen LogP contribution is -2.17. The summed E-state index contributed by atoms with van der Waals surface area (Å²) >= 11 is 1.36. The van der Waals surface area contributed by atoms with Crippen LogP contribution in [-0.2, 0) is 9.84 Å². The molecule has 1 aromatic heterocycles. The number of thiazole rings is 1. The second kappa shape index (κ2) is 4.81. The summed E-state index contributed by atoms with van der Waals surface area (Å²) in [5, 5.41) is 1.92. The number of hydrogen-bond donors (Lipinski definition) is 1. The fourth-order valence-electron chi connectivity index (χ4n) is 1.17. The summed E-state index contributed by atoms with van der Waals surface area (Å²) in [4.78, 5) is 4.31. The van der Waals surface area contributed by atoms with Gasteiger partial charge in [0.05, 0.1) is 11.7 Å².